The molecule has 6 aliphatic rings. The van der Waals surface area contributed by atoms with Crippen molar-refractivity contribution >= 4 is 11.9 Å². The molecule has 2 unspecified atom stereocenters. The molecule has 2 atom stereocenters. The van der Waals surface area contributed by atoms with Crippen molar-refractivity contribution in [2.45, 2.75) is 192 Å². The van der Waals surface area contributed by atoms with E-state index < -0.39 is 5.97 Å². The Morgan fingerprint density at radius 3 is 1.35 bits per heavy atom. The summed E-state index contributed by atoms with van der Waals surface area (Å²) < 4.78 is 21.7. The summed E-state index contributed by atoms with van der Waals surface area (Å²) in [6, 6.07) is 0. The first-order valence-electron chi connectivity index (χ1n) is 22.6. The first kappa shape index (κ1) is 55.9. The molecule has 0 heterocycles. The van der Waals surface area contributed by atoms with Crippen LogP contribution >= 0.6 is 0 Å². The van der Waals surface area contributed by atoms with E-state index >= 15 is 0 Å². The summed E-state index contributed by atoms with van der Waals surface area (Å²) in [7, 11) is 0. The normalized spacial score (nSPS) is 21.5. The zero-order chi connectivity index (χ0) is 39.3. The van der Waals surface area contributed by atoms with Crippen molar-refractivity contribution in [2.24, 2.45) is 17.6 Å². The molecule has 0 aliphatic heterocycles. The maximum Gasteiger partial charge on any atom is 0.329 e. The predicted molar refractivity (Wildman–Crippen MR) is 223 cm³/mol. The summed E-state index contributed by atoms with van der Waals surface area (Å²) in [6.07, 6.45) is 36.1. The van der Waals surface area contributed by atoms with Gasteiger partial charge in [-0.3, -0.25) is 4.79 Å². The number of hydrogen-bond donors (Lipinski definition) is 3. The third-order valence-electron chi connectivity index (χ3n) is 10.9. The molecular weight excluding hydrogens is 804 g/mol. The van der Waals surface area contributed by atoms with Gasteiger partial charge in [0.1, 0.15) is 25.4 Å². The van der Waals surface area contributed by atoms with Gasteiger partial charge in [-0.1, -0.05) is 115 Å². The minimum atomic E-state index is -0.927. The summed E-state index contributed by atoms with van der Waals surface area (Å²) in [5.74, 6) is 12.7. The van der Waals surface area contributed by atoms with Gasteiger partial charge in [0.2, 0.25) is 5.91 Å². The van der Waals surface area contributed by atoms with E-state index in [2.05, 4.69) is 29.0 Å². The number of hydrogen-bond acceptors (Lipinski definition) is 7. The van der Waals surface area contributed by atoms with Gasteiger partial charge in [-0.2, -0.15) is 0 Å². The summed E-state index contributed by atoms with van der Waals surface area (Å²) in [4.78, 5) is 21.9. The Balaban J connectivity index is 0.000000760. The van der Waals surface area contributed by atoms with Gasteiger partial charge < -0.3 is 35.1 Å². The number of amides is 1. The number of carbonyl (C=O) groups is 2. The van der Waals surface area contributed by atoms with Crippen LogP contribution in [0.4, 0.5) is 0 Å². The zero-order valence-electron chi connectivity index (χ0n) is 35.4. The van der Waals surface area contributed by atoms with Crippen molar-refractivity contribution in [3.05, 3.63) is 0 Å². The fourth-order valence-electron chi connectivity index (χ4n) is 7.57. The molecule has 332 valence electrons. The van der Waals surface area contributed by atoms with Gasteiger partial charge >= 0.3 is 5.97 Å². The second-order valence-corrected chi connectivity index (χ2v) is 16.0. The Morgan fingerprint density at radius 1 is 0.544 bits per heavy atom. The van der Waals surface area contributed by atoms with E-state index in [-0.39, 0.29) is 65.5 Å². The molecule has 0 aromatic carbocycles. The third-order valence-corrected chi connectivity index (χ3v) is 10.9. The molecule has 4 fully saturated rings. The minimum Gasteiger partial charge on any atom is -0.480 e. The molecule has 11 heteroatoms. The largest absolute Gasteiger partial charge is 0.480 e. The van der Waals surface area contributed by atoms with Crippen molar-refractivity contribution in [1.29, 1.82) is 0 Å². The number of nitrogens with two attached hydrogens (primary N) is 1. The number of rotatable bonds is 15. The van der Waals surface area contributed by atoms with Crippen LogP contribution in [-0.2, 0) is 62.7 Å². The molecule has 0 aromatic rings. The maximum absolute atomic E-state index is 11.7. The third kappa shape index (κ3) is 35.4. The van der Waals surface area contributed by atoms with Crippen LogP contribution in [0.2, 0.25) is 0 Å². The molecule has 0 bridgehead atoms. The number of nitrogens with one attached hydrogen (secondary N) is 1. The number of aliphatic carboxylic acids is 1. The molecule has 0 saturated heterocycles. The Kier molecular flexibility index (Phi) is 40.8. The van der Waals surface area contributed by atoms with Gasteiger partial charge in [-0.15, -0.1) is 11.8 Å². The molecule has 57 heavy (non-hydrogen) atoms. The van der Waals surface area contributed by atoms with Gasteiger partial charge in [0.15, 0.2) is 0 Å². The Bertz CT molecular complexity index is 1030. The van der Waals surface area contributed by atoms with Gasteiger partial charge in [0, 0.05) is 73.3 Å². The first-order valence-corrected chi connectivity index (χ1v) is 22.6. The van der Waals surface area contributed by atoms with Crippen molar-refractivity contribution in [1.82, 2.24) is 5.32 Å². The number of ether oxygens (including phenoxy) is 4. The standard InChI is InChI=1S/C18H29NO3.C10H14O3.C8H17NO.2C5H10.2Fe/c20-18(15-22-17-10-4-2-1-3-5-11-17)19-12-13-21-14-16-8-6-7-9-16;11-10(12)8-13-9-6-4-2-1-3-5-7-9;9-5-6-10-7-8-3-1-2-4-8;2*1-2-4-5-3-1;;/h16-17H,1-4,6-10,12-15H2,(H,19,20);9H,1-4,6,8H2,(H,11,12);8H,1-7,9H2;2*1-5H2;;. The summed E-state index contributed by atoms with van der Waals surface area (Å²) in [6.45, 7) is 4.18. The molecule has 6 rings (SSSR count). The fraction of sp³-hybridized carbons (Fsp3) is 0.870. The van der Waals surface area contributed by atoms with Crippen LogP contribution in [0.5, 0.6) is 0 Å². The molecule has 0 radical (unpaired) electrons. The molecule has 6 aliphatic carbocycles. The zero-order valence-corrected chi connectivity index (χ0v) is 37.7. The Hall–Kier alpha value is -1.10. The second kappa shape index (κ2) is 41.6. The number of carboxylic acids is 1. The summed E-state index contributed by atoms with van der Waals surface area (Å²) >= 11 is 0. The monoisotopic (exact) mass is 884 g/mol. The Morgan fingerprint density at radius 2 is 0.930 bits per heavy atom. The van der Waals surface area contributed by atoms with Crippen LogP contribution < -0.4 is 11.1 Å². The molecule has 4 N–H and O–H groups in total. The average Bonchev–Trinajstić information content (AvgIpc) is 4.02. The number of carboxylic acid groups (broad SMARTS) is 1. The number of carbonyl (C=O) groups excluding carboxylic acids is 1. The van der Waals surface area contributed by atoms with Crippen LogP contribution in [0.3, 0.4) is 0 Å². The quantitative estimate of drug-likeness (QED) is 0.0845. The van der Waals surface area contributed by atoms with Crippen molar-refractivity contribution in [3.63, 3.8) is 0 Å². The molecular formula is C46H80Fe2N2O7. The molecule has 0 aromatic heterocycles. The Labute approximate surface area is 369 Å². The first-order chi connectivity index (χ1) is 27.1. The maximum atomic E-state index is 11.7. The van der Waals surface area contributed by atoms with Gasteiger partial charge in [0.05, 0.1) is 13.2 Å². The summed E-state index contributed by atoms with van der Waals surface area (Å²) in [5, 5.41) is 11.2. The van der Waals surface area contributed by atoms with Crippen LogP contribution in [0.15, 0.2) is 0 Å². The average molecular weight is 885 g/mol. The van der Waals surface area contributed by atoms with E-state index in [1.54, 1.807) is 0 Å². The van der Waals surface area contributed by atoms with Crippen LogP contribution in [-0.4, -0.2) is 81.9 Å². The van der Waals surface area contributed by atoms with Crippen molar-refractivity contribution < 1.29 is 67.8 Å². The van der Waals surface area contributed by atoms with E-state index in [0.717, 1.165) is 76.6 Å². The minimum absolute atomic E-state index is 0. The SMILES string of the molecule is C1CCCC1.C1CCCC1.NCCOCC1CCCC1.O=C(COC1C#CCCCCC1)NCCOCC1CCCC1.O=C(O)COC1C#CCCCCC1.[Fe].[Fe]. The van der Waals surface area contributed by atoms with Crippen LogP contribution in [0.25, 0.3) is 0 Å². The smallest absolute Gasteiger partial charge is 0.329 e. The molecule has 4 saturated carbocycles. The predicted octanol–water partition coefficient (Wildman–Crippen LogP) is 9.13. The van der Waals surface area contributed by atoms with Crippen molar-refractivity contribution in [3.8, 4) is 23.7 Å². The van der Waals surface area contributed by atoms with Crippen LogP contribution in [0.1, 0.15) is 180 Å². The fourth-order valence-corrected chi connectivity index (χ4v) is 7.57. The van der Waals surface area contributed by atoms with Gasteiger partial charge in [0.25, 0.3) is 0 Å². The van der Waals surface area contributed by atoms with Gasteiger partial charge in [-0.25, -0.2) is 4.79 Å². The van der Waals surface area contributed by atoms with Crippen LogP contribution in [0, 0.1) is 35.5 Å². The van der Waals surface area contributed by atoms with E-state index in [1.165, 1.54) is 135 Å². The molecule has 0 spiro atoms. The van der Waals surface area contributed by atoms with E-state index in [9.17, 15) is 9.59 Å². The second-order valence-electron chi connectivity index (χ2n) is 16.0. The summed E-state index contributed by atoms with van der Waals surface area (Å²) in [5.41, 5.74) is 5.29. The van der Waals surface area contributed by atoms with Crippen molar-refractivity contribution in [2.75, 3.05) is 52.7 Å². The molecule has 1 amide bonds. The topological polar surface area (TPSA) is 129 Å². The van der Waals surface area contributed by atoms with Gasteiger partial charge in [-0.05, 0) is 76.0 Å². The van der Waals surface area contributed by atoms with E-state index in [0.29, 0.717) is 19.7 Å². The van der Waals surface area contributed by atoms with E-state index in [4.69, 9.17) is 29.8 Å². The molecule has 9 nitrogen and oxygen atoms in total. The van der Waals surface area contributed by atoms with E-state index in [1.807, 2.05) is 0 Å².